The summed E-state index contributed by atoms with van der Waals surface area (Å²) in [4.78, 5) is 11.7. The molecule has 1 amide bonds. The Labute approximate surface area is 119 Å². The number of rotatable bonds is 4. The maximum absolute atomic E-state index is 11.7. The first kappa shape index (κ1) is 13.4. The molecule has 1 aromatic carbocycles. The quantitative estimate of drug-likeness (QED) is 0.886. The molecule has 1 saturated heterocycles. The Balaban J connectivity index is 1.37. The van der Waals surface area contributed by atoms with Crippen LogP contribution < -0.4 is 10.6 Å². The van der Waals surface area contributed by atoms with Crippen molar-refractivity contribution in [2.45, 2.75) is 31.9 Å². The fourth-order valence-corrected chi connectivity index (χ4v) is 3.09. The lowest BCUT2D eigenvalue weighted by atomic mass is 9.93. The number of carbonyl (C=O) groups excluding carboxylic acids is 1. The molecule has 2 N–H and O–H groups in total. The van der Waals surface area contributed by atoms with Gasteiger partial charge >= 0.3 is 6.09 Å². The molecule has 0 unspecified atom stereocenters. The average Bonchev–Trinajstić information content (AvgIpc) is 3.26. The van der Waals surface area contributed by atoms with Crippen molar-refractivity contribution < 1.29 is 9.53 Å². The fraction of sp³-hybridized carbons (Fsp3) is 0.562. The molecule has 1 aromatic rings. The molecule has 3 rings (SSSR count). The van der Waals surface area contributed by atoms with Crippen molar-refractivity contribution in [1.29, 1.82) is 0 Å². The second kappa shape index (κ2) is 6.27. The maximum atomic E-state index is 11.7. The van der Waals surface area contributed by atoms with E-state index in [1.54, 1.807) is 0 Å². The van der Waals surface area contributed by atoms with Gasteiger partial charge in [0.2, 0.25) is 0 Å². The fourth-order valence-electron chi connectivity index (χ4n) is 3.09. The lowest BCUT2D eigenvalue weighted by molar-refractivity contribution is 0.138. The zero-order valence-corrected chi connectivity index (χ0v) is 11.7. The second-order valence-electron chi connectivity index (χ2n) is 5.80. The zero-order chi connectivity index (χ0) is 13.8. The Kier molecular flexibility index (Phi) is 4.21. The summed E-state index contributed by atoms with van der Waals surface area (Å²) >= 11 is 0. The van der Waals surface area contributed by atoms with Crippen molar-refractivity contribution in [1.82, 2.24) is 10.6 Å². The molecule has 1 heterocycles. The summed E-state index contributed by atoms with van der Waals surface area (Å²) in [5.74, 6) is 1.44. The van der Waals surface area contributed by atoms with Crippen LogP contribution in [0.3, 0.4) is 0 Å². The van der Waals surface area contributed by atoms with Crippen LogP contribution in [0.4, 0.5) is 4.79 Å². The largest absolute Gasteiger partial charge is 0.445 e. The Morgan fingerprint density at radius 2 is 2.00 bits per heavy atom. The number of hydrogen-bond acceptors (Lipinski definition) is 3. The molecule has 4 nitrogen and oxygen atoms in total. The molecular weight excluding hydrogens is 252 g/mol. The molecule has 0 spiro atoms. The van der Waals surface area contributed by atoms with Crippen molar-refractivity contribution in [3.05, 3.63) is 35.9 Å². The Bertz CT molecular complexity index is 443. The highest BCUT2D eigenvalue weighted by molar-refractivity contribution is 5.68. The zero-order valence-electron chi connectivity index (χ0n) is 11.7. The minimum absolute atomic E-state index is 0.282. The summed E-state index contributed by atoms with van der Waals surface area (Å²) in [7, 11) is 0. The highest BCUT2D eigenvalue weighted by Crippen LogP contribution is 2.41. The highest BCUT2D eigenvalue weighted by atomic mass is 16.5. The van der Waals surface area contributed by atoms with E-state index < -0.39 is 0 Å². The summed E-state index contributed by atoms with van der Waals surface area (Å²) in [5.41, 5.74) is 1.02. The van der Waals surface area contributed by atoms with Gasteiger partial charge in [-0.25, -0.2) is 4.79 Å². The van der Waals surface area contributed by atoms with E-state index in [-0.39, 0.29) is 6.09 Å². The molecular formula is C16H22N2O2. The monoisotopic (exact) mass is 274 g/mol. The summed E-state index contributed by atoms with van der Waals surface area (Å²) in [6.07, 6.45) is 3.31. The molecule has 20 heavy (non-hydrogen) atoms. The van der Waals surface area contributed by atoms with Crippen LogP contribution in [0.15, 0.2) is 30.3 Å². The van der Waals surface area contributed by atoms with E-state index in [9.17, 15) is 4.79 Å². The van der Waals surface area contributed by atoms with Crippen molar-refractivity contribution in [2.24, 2.45) is 11.8 Å². The van der Waals surface area contributed by atoms with Gasteiger partial charge in [-0.05, 0) is 49.8 Å². The number of nitrogens with one attached hydrogen (secondary N) is 2. The van der Waals surface area contributed by atoms with Gasteiger partial charge in [-0.1, -0.05) is 30.3 Å². The third-order valence-electron chi connectivity index (χ3n) is 4.35. The van der Waals surface area contributed by atoms with E-state index in [1.807, 2.05) is 30.3 Å². The molecule has 4 heteroatoms. The lowest BCUT2D eigenvalue weighted by Gasteiger charge is -2.22. The smallest absolute Gasteiger partial charge is 0.407 e. The van der Waals surface area contributed by atoms with Crippen LogP contribution in [-0.4, -0.2) is 25.2 Å². The molecule has 2 fully saturated rings. The number of ether oxygens (including phenoxy) is 1. The summed E-state index contributed by atoms with van der Waals surface area (Å²) in [5, 5.41) is 6.37. The molecule has 0 bridgehead atoms. The number of alkyl carbamates (subject to hydrolysis) is 1. The molecule has 1 aliphatic carbocycles. The van der Waals surface area contributed by atoms with Crippen molar-refractivity contribution >= 4 is 6.09 Å². The van der Waals surface area contributed by atoms with Crippen LogP contribution in [0, 0.1) is 11.8 Å². The van der Waals surface area contributed by atoms with Gasteiger partial charge in [0.05, 0.1) is 0 Å². The number of piperidine rings is 1. The van der Waals surface area contributed by atoms with Crippen LogP contribution in [0.1, 0.15) is 24.8 Å². The van der Waals surface area contributed by atoms with E-state index >= 15 is 0 Å². The van der Waals surface area contributed by atoms with E-state index in [4.69, 9.17) is 4.74 Å². The summed E-state index contributed by atoms with van der Waals surface area (Å²) in [6.45, 7) is 2.58. The van der Waals surface area contributed by atoms with Gasteiger partial charge in [0.25, 0.3) is 0 Å². The van der Waals surface area contributed by atoms with E-state index in [2.05, 4.69) is 10.6 Å². The first-order valence-electron chi connectivity index (χ1n) is 7.51. The highest BCUT2D eigenvalue weighted by Gasteiger charge is 2.44. The van der Waals surface area contributed by atoms with E-state index in [0.29, 0.717) is 18.6 Å². The third kappa shape index (κ3) is 3.51. The minimum atomic E-state index is -0.282. The molecule has 1 aliphatic heterocycles. The molecule has 0 aromatic heterocycles. The molecule has 0 radical (unpaired) electrons. The minimum Gasteiger partial charge on any atom is -0.445 e. The van der Waals surface area contributed by atoms with Crippen LogP contribution in [0.2, 0.25) is 0 Å². The van der Waals surface area contributed by atoms with Gasteiger partial charge in [-0.2, -0.15) is 0 Å². The first-order valence-corrected chi connectivity index (χ1v) is 7.51. The number of hydrogen-bond donors (Lipinski definition) is 2. The van der Waals surface area contributed by atoms with Crippen LogP contribution in [0.5, 0.6) is 0 Å². The summed E-state index contributed by atoms with van der Waals surface area (Å²) in [6, 6.07) is 10.1. The maximum Gasteiger partial charge on any atom is 0.407 e. The Morgan fingerprint density at radius 1 is 1.25 bits per heavy atom. The van der Waals surface area contributed by atoms with E-state index in [0.717, 1.165) is 31.0 Å². The third-order valence-corrected chi connectivity index (χ3v) is 4.35. The van der Waals surface area contributed by atoms with Gasteiger partial charge in [-0.3, -0.25) is 0 Å². The van der Waals surface area contributed by atoms with Crippen molar-refractivity contribution in [3.63, 3.8) is 0 Å². The number of carbonyl (C=O) groups is 1. The lowest BCUT2D eigenvalue weighted by Crippen LogP contribution is -2.32. The van der Waals surface area contributed by atoms with Gasteiger partial charge in [0.1, 0.15) is 6.61 Å². The SMILES string of the molecule is O=C(N[C@H]1C[C@H]1C1CCNCC1)OCc1ccccc1. The van der Waals surface area contributed by atoms with Gasteiger partial charge in [0.15, 0.2) is 0 Å². The predicted octanol–water partition coefficient (Wildman–Crippen LogP) is 2.30. The van der Waals surface area contributed by atoms with Gasteiger partial charge in [-0.15, -0.1) is 0 Å². The molecule has 1 saturated carbocycles. The topological polar surface area (TPSA) is 50.4 Å². The Morgan fingerprint density at radius 3 is 2.75 bits per heavy atom. The molecule has 108 valence electrons. The second-order valence-corrected chi connectivity index (χ2v) is 5.80. The number of amides is 1. The van der Waals surface area contributed by atoms with Crippen molar-refractivity contribution in [2.75, 3.05) is 13.1 Å². The standard InChI is InChI=1S/C16H22N2O2/c19-16(20-11-12-4-2-1-3-5-12)18-15-10-14(15)13-6-8-17-9-7-13/h1-5,13-15,17H,6-11H2,(H,18,19)/t14-,15-/m0/s1. The van der Waals surface area contributed by atoms with Crippen LogP contribution in [-0.2, 0) is 11.3 Å². The van der Waals surface area contributed by atoms with Gasteiger partial charge < -0.3 is 15.4 Å². The summed E-state index contributed by atoms with van der Waals surface area (Å²) < 4.78 is 5.25. The average molecular weight is 274 g/mol. The van der Waals surface area contributed by atoms with Crippen molar-refractivity contribution in [3.8, 4) is 0 Å². The van der Waals surface area contributed by atoms with E-state index in [1.165, 1.54) is 12.8 Å². The normalized spacial score (nSPS) is 26.0. The van der Waals surface area contributed by atoms with Crippen LogP contribution in [0.25, 0.3) is 0 Å². The van der Waals surface area contributed by atoms with Gasteiger partial charge in [0, 0.05) is 6.04 Å². The molecule has 2 atom stereocenters. The first-order chi connectivity index (χ1) is 9.83. The Hall–Kier alpha value is -1.55. The predicted molar refractivity (Wildman–Crippen MR) is 77.3 cm³/mol. The van der Waals surface area contributed by atoms with Crippen LogP contribution >= 0.6 is 0 Å². The number of benzene rings is 1. The molecule has 2 aliphatic rings.